The Morgan fingerprint density at radius 2 is 2.00 bits per heavy atom. The summed E-state index contributed by atoms with van der Waals surface area (Å²) in [4.78, 5) is 26.4. The number of carbonyl (C=O) groups excluding carboxylic acids is 1. The second kappa shape index (κ2) is 8.01. The van der Waals surface area contributed by atoms with E-state index in [1.54, 1.807) is 19.2 Å². The molecule has 0 aliphatic carbocycles. The van der Waals surface area contributed by atoms with Crippen LogP contribution in [0.4, 0.5) is 5.69 Å². The molecule has 0 fully saturated rings. The Kier molecular flexibility index (Phi) is 5.52. The van der Waals surface area contributed by atoms with Gasteiger partial charge in [-0.1, -0.05) is 30.3 Å². The summed E-state index contributed by atoms with van der Waals surface area (Å²) >= 11 is 0. The van der Waals surface area contributed by atoms with Gasteiger partial charge in [-0.15, -0.1) is 0 Å². The van der Waals surface area contributed by atoms with Crippen molar-refractivity contribution in [3.63, 3.8) is 0 Å². The van der Waals surface area contributed by atoms with E-state index < -0.39 is 16.9 Å². The van der Waals surface area contributed by atoms with Gasteiger partial charge in [0.05, 0.1) is 11.5 Å². The van der Waals surface area contributed by atoms with Gasteiger partial charge in [0.2, 0.25) is 0 Å². The molecule has 0 amide bonds. The zero-order valence-corrected chi connectivity index (χ0v) is 15.1. The number of nitro groups is 1. The summed E-state index contributed by atoms with van der Waals surface area (Å²) in [7, 11) is 0. The Morgan fingerprint density at radius 3 is 2.67 bits per heavy atom. The van der Waals surface area contributed by atoms with Crippen LogP contribution in [0.5, 0.6) is 0 Å². The molecule has 0 spiro atoms. The first kappa shape index (κ1) is 18.6. The second-order valence-electron chi connectivity index (χ2n) is 6.22. The maximum absolute atomic E-state index is 12.6. The summed E-state index contributed by atoms with van der Waals surface area (Å²) in [6.45, 7) is 3.95. The molecule has 0 radical (unpaired) electrons. The number of nitrogens with zero attached hydrogens (tertiary/aromatic N) is 1. The number of rotatable bonds is 7. The van der Waals surface area contributed by atoms with Gasteiger partial charge in [0.1, 0.15) is 6.04 Å². The van der Waals surface area contributed by atoms with Gasteiger partial charge in [-0.2, -0.15) is 0 Å². The number of nitro benzene ring substituents is 1. The van der Waals surface area contributed by atoms with E-state index in [1.807, 2.05) is 37.3 Å². The minimum Gasteiger partial charge on any atom is -0.465 e. The fraction of sp³-hybridized carbons (Fsp3) is 0.250. The van der Waals surface area contributed by atoms with Crippen LogP contribution < -0.4 is 5.32 Å². The van der Waals surface area contributed by atoms with Crippen LogP contribution in [0.1, 0.15) is 37.1 Å². The Morgan fingerprint density at radius 1 is 1.26 bits per heavy atom. The fourth-order valence-electron chi connectivity index (χ4n) is 3.08. The van der Waals surface area contributed by atoms with Crippen LogP contribution in [0, 0.1) is 10.1 Å². The Labute approximate surface area is 156 Å². The average molecular weight is 367 g/mol. The molecule has 1 aromatic heterocycles. The summed E-state index contributed by atoms with van der Waals surface area (Å²) < 4.78 is 5.24. The van der Waals surface area contributed by atoms with E-state index in [-0.39, 0.29) is 18.3 Å². The van der Waals surface area contributed by atoms with Gasteiger partial charge in [-0.25, -0.2) is 4.79 Å². The molecule has 0 saturated heterocycles. The standard InChI is InChI=1S/C20H21N3O4/c1-3-27-20(24)19(22-13(2)14-7-5-4-6-8-14)17-12-21-18-10-9-15(23(25)26)11-16(17)18/h4-13,19,21-22H,3H2,1-2H3/t13-,19?/m1/s1. The number of aromatic amines is 1. The topological polar surface area (TPSA) is 97.3 Å². The summed E-state index contributed by atoms with van der Waals surface area (Å²) in [5.41, 5.74) is 2.34. The third-order valence-corrected chi connectivity index (χ3v) is 4.46. The number of benzene rings is 2. The molecule has 0 aliphatic rings. The van der Waals surface area contributed by atoms with Gasteiger partial charge in [0.25, 0.3) is 5.69 Å². The Balaban J connectivity index is 2.00. The maximum Gasteiger partial charge on any atom is 0.327 e. The lowest BCUT2D eigenvalue weighted by atomic mass is 10.0. The maximum atomic E-state index is 12.6. The van der Waals surface area contributed by atoms with Crippen molar-refractivity contribution in [1.29, 1.82) is 0 Å². The molecule has 27 heavy (non-hydrogen) atoms. The monoisotopic (exact) mass is 367 g/mol. The summed E-state index contributed by atoms with van der Waals surface area (Å²) in [6.07, 6.45) is 1.70. The van der Waals surface area contributed by atoms with Gasteiger partial charge >= 0.3 is 5.97 Å². The Bertz CT molecular complexity index is 952. The molecule has 1 unspecified atom stereocenters. The van der Waals surface area contributed by atoms with Crippen molar-refractivity contribution >= 4 is 22.6 Å². The number of hydrogen-bond acceptors (Lipinski definition) is 5. The number of H-pyrrole nitrogens is 1. The zero-order chi connectivity index (χ0) is 19.4. The number of nitrogens with one attached hydrogen (secondary N) is 2. The summed E-state index contributed by atoms with van der Waals surface area (Å²) in [5, 5.41) is 15.1. The van der Waals surface area contributed by atoms with E-state index in [0.717, 1.165) is 11.1 Å². The molecule has 2 atom stereocenters. The van der Waals surface area contributed by atoms with Crippen molar-refractivity contribution in [2.75, 3.05) is 6.61 Å². The average Bonchev–Trinajstić information content (AvgIpc) is 3.09. The second-order valence-corrected chi connectivity index (χ2v) is 6.22. The van der Waals surface area contributed by atoms with Crippen LogP contribution in [-0.2, 0) is 9.53 Å². The highest BCUT2D eigenvalue weighted by molar-refractivity contribution is 5.91. The first-order valence-electron chi connectivity index (χ1n) is 8.74. The molecule has 140 valence electrons. The molecule has 3 aromatic rings. The molecule has 7 nitrogen and oxygen atoms in total. The van der Waals surface area contributed by atoms with Crippen LogP contribution in [0.15, 0.2) is 54.7 Å². The number of hydrogen-bond donors (Lipinski definition) is 2. The zero-order valence-electron chi connectivity index (χ0n) is 15.1. The molecule has 0 saturated carbocycles. The quantitative estimate of drug-likeness (QED) is 0.373. The molecule has 7 heteroatoms. The van der Waals surface area contributed by atoms with Crippen molar-refractivity contribution in [2.24, 2.45) is 0 Å². The molecule has 1 heterocycles. The minimum absolute atomic E-state index is 0.0259. The number of carbonyl (C=O) groups is 1. The number of fused-ring (bicyclic) bond motifs is 1. The van der Waals surface area contributed by atoms with Crippen molar-refractivity contribution in [2.45, 2.75) is 25.9 Å². The van der Waals surface area contributed by atoms with Crippen LogP contribution in [0.3, 0.4) is 0 Å². The molecule has 0 bridgehead atoms. The third-order valence-electron chi connectivity index (χ3n) is 4.46. The SMILES string of the molecule is CCOC(=O)C(N[C@H](C)c1ccccc1)c1c[nH]c2ccc([N+](=O)[O-])cc12. The van der Waals surface area contributed by atoms with Gasteiger partial charge in [0, 0.05) is 40.8 Å². The number of esters is 1. The molecule has 2 N–H and O–H groups in total. The van der Waals surface area contributed by atoms with E-state index in [0.29, 0.717) is 10.9 Å². The van der Waals surface area contributed by atoms with E-state index in [2.05, 4.69) is 10.3 Å². The molecular weight excluding hydrogens is 346 g/mol. The largest absolute Gasteiger partial charge is 0.465 e. The fourth-order valence-corrected chi connectivity index (χ4v) is 3.08. The lowest BCUT2D eigenvalue weighted by Gasteiger charge is -2.22. The highest BCUT2D eigenvalue weighted by Crippen LogP contribution is 2.30. The van der Waals surface area contributed by atoms with E-state index in [4.69, 9.17) is 4.74 Å². The van der Waals surface area contributed by atoms with Crippen LogP contribution in [0.2, 0.25) is 0 Å². The van der Waals surface area contributed by atoms with Crippen LogP contribution in [0.25, 0.3) is 10.9 Å². The number of aromatic nitrogens is 1. The van der Waals surface area contributed by atoms with Gasteiger partial charge < -0.3 is 9.72 Å². The van der Waals surface area contributed by atoms with Crippen molar-refractivity contribution < 1.29 is 14.5 Å². The third kappa shape index (κ3) is 3.98. The van der Waals surface area contributed by atoms with Crippen molar-refractivity contribution in [3.8, 4) is 0 Å². The molecular formula is C20H21N3O4. The minimum atomic E-state index is -0.754. The van der Waals surface area contributed by atoms with Gasteiger partial charge in [0.15, 0.2) is 0 Å². The van der Waals surface area contributed by atoms with E-state index in [1.165, 1.54) is 12.1 Å². The lowest BCUT2D eigenvalue weighted by molar-refractivity contribution is -0.384. The number of ether oxygens (including phenoxy) is 1. The van der Waals surface area contributed by atoms with Crippen LogP contribution >= 0.6 is 0 Å². The smallest absolute Gasteiger partial charge is 0.327 e. The van der Waals surface area contributed by atoms with E-state index in [9.17, 15) is 14.9 Å². The summed E-state index contributed by atoms with van der Waals surface area (Å²) in [6, 6.07) is 13.4. The van der Waals surface area contributed by atoms with Crippen molar-refractivity contribution in [1.82, 2.24) is 10.3 Å². The van der Waals surface area contributed by atoms with Gasteiger partial charge in [-0.3, -0.25) is 15.4 Å². The normalized spacial score (nSPS) is 13.3. The molecule has 3 rings (SSSR count). The highest BCUT2D eigenvalue weighted by atomic mass is 16.6. The highest BCUT2D eigenvalue weighted by Gasteiger charge is 2.27. The first-order chi connectivity index (χ1) is 13.0. The number of non-ortho nitro benzene ring substituents is 1. The predicted molar refractivity (Wildman–Crippen MR) is 102 cm³/mol. The van der Waals surface area contributed by atoms with Crippen LogP contribution in [-0.4, -0.2) is 22.5 Å². The molecule has 2 aromatic carbocycles. The predicted octanol–water partition coefficient (Wildman–Crippen LogP) is 4.03. The van der Waals surface area contributed by atoms with E-state index >= 15 is 0 Å². The molecule has 0 aliphatic heterocycles. The van der Waals surface area contributed by atoms with Crippen molar-refractivity contribution in [3.05, 3.63) is 76.0 Å². The lowest BCUT2D eigenvalue weighted by Crippen LogP contribution is -2.32. The summed E-state index contributed by atoms with van der Waals surface area (Å²) in [5.74, 6) is -0.423. The Hall–Kier alpha value is -3.19. The first-order valence-corrected chi connectivity index (χ1v) is 8.74. The van der Waals surface area contributed by atoms with Gasteiger partial charge in [-0.05, 0) is 25.5 Å².